The molecule has 1 saturated heterocycles. The SMILES string of the molecule is Cc1ccc(-c2nnc(SCC(=O)Nc3cc(Cl)ccc3N3CCCC3)o2)cc1. The van der Waals surface area contributed by atoms with Crippen LogP contribution in [0.2, 0.25) is 5.02 Å². The van der Waals surface area contributed by atoms with Crippen molar-refractivity contribution in [3.05, 3.63) is 53.1 Å². The van der Waals surface area contributed by atoms with Crippen molar-refractivity contribution in [1.29, 1.82) is 0 Å². The van der Waals surface area contributed by atoms with E-state index in [1.165, 1.54) is 11.8 Å². The molecule has 8 heteroatoms. The van der Waals surface area contributed by atoms with Crippen LogP contribution in [0.4, 0.5) is 11.4 Å². The lowest BCUT2D eigenvalue weighted by atomic mass is 10.1. The zero-order chi connectivity index (χ0) is 20.2. The van der Waals surface area contributed by atoms with Crippen LogP contribution in [-0.4, -0.2) is 34.9 Å². The summed E-state index contributed by atoms with van der Waals surface area (Å²) in [5.74, 6) is 0.466. The van der Waals surface area contributed by atoms with E-state index in [1.807, 2.05) is 43.3 Å². The van der Waals surface area contributed by atoms with Crippen molar-refractivity contribution in [2.24, 2.45) is 0 Å². The monoisotopic (exact) mass is 428 g/mol. The van der Waals surface area contributed by atoms with Crippen molar-refractivity contribution < 1.29 is 9.21 Å². The van der Waals surface area contributed by atoms with E-state index in [9.17, 15) is 4.79 Å². The average molecular weight is 429 g/mol. The van der Waals surface area contributed by atoms with Gasteiger partial charge in [0, 0.05) is 23.7 Å². The van der Waals surface area contributed by atoms with Gasteiger partial charge in [-0.3, -0.25) is 4.79 Å². The molecule has 1 aromatic heterocycles. The van der Waals surface area contributed by atoms with E-state index in [2.05, 4.69) is 20.4 Å². The van der Waals surface area contributed by atoms with Crippen LogP contribution in [0.3, 0.4) is 0 Å². The Bertz CT molecular complexity index is 1000. The van der Waals surface area contributed by atoms with Gasteiger partial charge in [-0.25, -0.2) is 0 Å². The van der Waals surface area contributed by atoms with Gasteiger partial charge in [0.05, 0.1) is 17.1 Å². The molecule has 0 atom stereocenters. The molecule has 4 rings (SSSR count). The number of aryl methyl sites for hydroxylation is 1. The summed E-state index contributed by atoms with van der Waals surface area (Å²) in [5.41, 5.74) is 3.75. The lowest BCUT2D eigenvalue weighted by molar-refractivity contribution is -0.113. The molecule has 1 fully saturated rings. The summed E-state index contributed by atoms with van der Waals surface area (Å²) < 4.78 is 5.67. The van der Waals surface area contributed by atoms with E-state index < -0.39 is 0 Å². The van der Waals surface area contributed by atoms with Gasteiger partial charge in [-0.15, -0.1) is 10.2 Å². The Hall–Kier alpha value is -2.51. The zero-order valence-electron chi connectivity index (χ0n) is 16.0. The number of carbonyl (C=O) groups excluding carboxylic acids is 1. The quantitative estimate of drug-likeness (QED) is 0.555. The fourth-order valence-corrected chi connectivity index (χ4v) is 3.97. The van der Waals surface area contributed by atoms with Gasteiger partial charge in [0.15, 0.2) is 0 Å². The number of nitrogens with one attached hydrogen (secondary N) is 1. The molecular formula is C21H21ClN4O2S. The van der Waals surface area contributed by atoms with Gasteiger partial charge in [-0.05, 0) is 50.1 Å². The molecule has 1 N–H and O–H groups in total. The third kappa shape index (κ3) is 4.92. The fourth-order valence-electron chi connectivity index (χ4n) is 3.24. The third-order valence-electron chi connectivity index (χ3n) is 4.71. The van der Waals surface area contributed by atoms with Crippen molar-refractivity contribution in [2.75, 3.05) is 29.1 Å². The number of benzene rings is 2. The van der Waals surface area contributed by atoms with Gasteiger partial charge in [-0.1, -0.05) is 41.1 Å². The first-order valence-electron chi connectivity index (χ1n) is 9.46. The third-order valence-corrected chi connectivity index (χ3v) is 5.76. The van der Waals surface area contributed by atoms with Crippen LogP contribution in [0.5, 0.6) is 0 Å². The van der Waals surface area contributed by atoms with Crippen molar-refractivity contribution >= 4 is 40.6 Å². The molecule has 6 nitrogen and oxygen atoms in total. The summed E-state index contributed by atoms with van der Waals surface area (Å²) in [6, 6.07) is 13.4. The Kier molecular flexibility index (Phi) is 6.06. The number of rotatable bonds is 6. The van der Waals surface area contributed by atoms with Gasteiger partial charge < -0.3 is 14.6 Å². The summed E-state index contributed by atoms with van der Waals surface area (Å²) >= 11 is 7.35. The Balaban J connectivity index is 1.38. The minimum atomic E-state index is -0.146. The maximum absolute atomic E-state index is 12.5. The van der Waals surface area contributed by atoms with Gasteiger partial charge in [0.2, 0.25) is 11.8 Å². The average Bonchev–Trinajstić information content (AvgIpc) is 3.39. The van der Waals surface area contributed by atoms with Crippen LogP contribution in [0.25, 0.3) is 11.5 Å². The molecule has 0 bridgehead atoms. The van der Waals surface area contributed by atoms with Crippen molar-refractivity contribution in [2.45, 2.75) is 25.0 Å². The number of hydrogen-bond donors (Lipinski definition) is 1. The number of anilines is 2. The van der Waals surface area contributed by atoms with Gasteiger partial charge in [-0.2, -0.15) is 0 Å². The number of hydrogen-bond acceptors (Lipinski definition) is 6. The molecular weight excluding hydrogens is 408 g/mol. The van der Waals surface area contributed by atoms with Crippen LogP contribution in [0, 0.1) is 6.92 Å². The second kappa shape index (κ2) is 8.88. The summed E-state index contributed by atoms with van der Waals surface area (Å²) in [7, 11) is 0. The predicted octanol–water partition coefficient (Wildman–Crippen LogP) is 5.03. The molecule has 0 unspecified atom stereocenters. The summed E-state index contributed by atoms with van der Waals surface area (Å²) in [5, 5.41) is 12.0. The van der Waals surface area contributed by atoms with Crippen LogP contribution >= 0.6 is 23.4 Å². The molecule has 0 radical (unpaired) electrons. The Morgan fingerprint density at radius 1 is 1.17 bits per heavy atom. The fraction of sp³-hybridized carbons (Fsp3) is 0.286. The lowest BCUT2D eigenvalue weighted by Crippen LogP contribution is -2.21. The number of halogens is 1. The van der Waals surface area contributed by atoms with Crippen molar-refractivity contribution in [3.63, 3.8) is 0 Å². The van der Waals surface area contributed by atoms with Crippen molar-refractivity contribution in [3.8, 4) is 11.5 Å². The van der Waals surface area contributed by atoms with E-state index in [0.29, 0.717) is 16.1 Å². The highest BCUT2D eigenvalue weighted by Crippen LogP contribution is 2.32. The molecule has 0 aliphatic carbocycles. The first kappa shape index (κ1) is 19.8. The second-order valence-corrected chi connectivity index (χ2v) is 8.29. The van der Waals surface area contributed by atoms with E-state index in [4.69, 9.17) is 16.0 Å². The highest BCUT2D eigenvalue weighted by atomic mass is 35.5. The molecule has 2 heterocycles. The normalized spacial score (nSPS) is 13.7. The van der Waals surface area contributed by atoms with Crippen LogP contribution in [-0.2, 0) is 4.79 Å². The molecule has 2 aromatic carbocycles. The number of carbonyl (C=O) groups is 1. The molecule has 0 spiro atoms. The first-order chi connectivity index (χ1) is 14.1. The maximum atomic E-state index is 12.5. The van der Waals surface area contributed by atoms with Crippen molar-refractivity contribution in [1.82, 2.24) is 10.2 Å². The van der Waals surface area contributed by atoms with Crippen LogP contribution in [0.15, 0.2) is 52.1 Å². The Morgan fingerprint density at radius 3 is 2.69 bits per heavy atom. The minimum absolute atomic E-state index is 0.146. The summed E-state index contributed by atoms with van der Waals surface area (Å²) in [6.45, 7) is 4.00. The van der Waals surface area contributed by atoms with Gasteiger partial charge in [0.25, 0.3) is 5.22 Å². The molecule has 150 valence electrons. The molecule has 3 aromatic rings. The molecule has 29 heavy (non-hydrogen) atoms. The minimum Gasteiger partial charge on any atom is -0.411 e. The Morgan fingerprint density at radius 2 is 1.93 bits per heavy atom. The summed E-state index contributed by atoms with van der Waals surface area (Å²) in [6.07, 6.45) is 2.32. The first-order valence-corrected chi connectivity index (χ1v) is 10.8. The second-order valence-electron chi connectivity index (χ2n) is 6.93. The molecule has 1 aliphatic rings. The highest BCUT2D eigenvalue weighted by Gasteiger charge is 2.18. The molecule has 1 aliphatic heterocycles. The standard InChI is InChI=1S/C21H21ClN4O2S/c1-14-4-6-15(7-5-14)20-24-25-21(28-20)29-13-19(27)23-17-12-16(22)8-9-18(17)26-10-2-3-11-26/h4-9,12H,2-3,10-11,13H2,1H3,(H,23,27). The molecule has 0 saturated carbocycles. The largest absolute Gasteiger partial charge is 0.411 e. The number of nitrogens with zero attached hydrogens (tertiary/aromatic N) is 3. The van der Waals surface area contributed by atoms with Crippen LogP contribution in [0.1, 0.15) is 18.4 Å². The zero-order valence-corrected chi connectivity index (χ0v) is 17.6. The van der Waals surface area contributed by atoms with E-state index in [-0.39, 0.29) is 11.7 Å². The summed E-state index contributed by atoms with van der Waals surface area (Å²) in [4.78, 5) is 14.8. The van der Waals surface area contributed by atoms with Gasteiger partial charge >= 0.3 is 0 Å². The Labute approximate surface area is 178 Å². The predicted molar refractivity (Wildman–Crippen MR) is 117 cm³/mol. The maximum Gasteiger partial charge on any atom is 0.277 e. The van der Waals surface area contributed by atoms with E-state index in [1.54, 1.807) is 6.07 Å². The van der Waals surface area contributed by atoms with E-state index >= 15 is 0 Å². The number of amides is 1. The number of aromatic nitrogens is 2. The topological polar surface area (TPSA) is 71.3 Å². The lowest BCUT2D eigenvalue weighted by Gasteiger charge is -2.21. The number of thioether (sulfide) groups is 1. The highest BCUT2D eigenvalue weighted by molar-refractivity contribution is 7.99. The van der Waals surface area contributed by atoms with E-state index in [0.717, 1.165) is 48.4 Å². The van der Waals surface area contributed by atoms with Crippen LogP contribution < -0.4 is 10.2 Å². The van der Waals surface area contributed by atoms with Gasteiger partial charge in [0.1, 0.15) is 0 Å². The smallest absolute Gasteiger partial charge is 0.277 e. The molecule has 1 amide bonds.